The minimum Gasteiger partial charge on any atom is -0.478 e. The number of nitrogens with zero attached hydrogens (tertiary/aromatic N) is 1. The van der Waals surface area contributed by atoms with Gasteiger partial charge in [-0.3, -0.25) is 0 Å². The topological polar surface area (TPSA) is 70.3 Å². The molecule has 0 fully saturated rings. The Balaban J connectivity index is 3.05. The maximum absolute atomic E-state index is 11.0. The first kappa shape index (κ1) is 13.3. The van der Waals surface area contributed by atoms with Gasteiger partial charge in [-0.1, -0.05) is 25.4 Å². The van der Waals surface area contributed by atoms with Gasteiger partial charge >= 0.3 is 5.97 Å². The van der Waals surface area contributed by atoms with E-state index in [0.717, 1.165) is 0 Å². The van der Waals surface area contributed by atoms with Gasteiger partial charge in [0.25, 0.3) is 0 Å². The molecule has 0 saturated carbocycles. The molecule has 1 N–H and O–H groups in total. The van der Waals surface area contributed by atoms with Crippen molar-refractivity contribution in [2.24, 2.45) is 5.92 Å². The van der Waals surface area contributed by atoms with E-state index in [1.54, 1.807) is 19.9 Å². The van der Waals surface area contributed by atoms with E-state index in [-0.39, 0.29) is 17.2 Å². The van der Waals surface area contributed by atoms with E-state index in [0.29, 0.717) is 5.02 Å². The molecular formula is C12H12ClNO3. The van der Waals surface area contributed by atoms with Gasteiger partial charge < -0.3 is 9.84 Å². The maximum Gasteiger partial charge on any atom is 0.345 e. The van der Waals surface area contributed by atoms with Crippen LogP contribution in [0, 0.1) is 17.2 Å². The van der Waals surface area contributed by atoms with Crippen LogP contribution >= 0.6 is 11.6 Å². The van der Waals surface area contributed by atoms with Gasteiger partial charge in [0.05, 0.1) is 5.56 Å². The van der Waals surface area contributed by atoms with Gasteiger partial charge in [-0.05, 0) is 12.1 Å². The molecular weight excluding hydrogens is 242 g/mol. The minimum atomic E-state index is -1.07. The lowest BCUT2D eigenvalue weighted by Gasteiger charge is -2.19. The number of hydrogen-bond donors (Lipinski definition) is 1. The van der Waals surface area contributed by atoms with Crippen molar-refractivity contribution in [2.45, 2.75) is 20.0 Å². The molecule has 0 radical (unpaired) electrons. The Labute approximate surface area is 104 Å². The van der Waals surface area contributed by atoms with Crippen LogP contribution in [-0.2, 0) is 4.79 Å². The molecule has 0 heterocycles. The third-order valence-electron chi connectivity index (χ3n) is 2.17. The minimum absolute atomic E-state index is 0.195. The molecule has 0 bridgehead atoms. The Kier molecular flexibility index (Phi) is 4.36. The molecule has 0 aromatic heterocycles. The van der Waals surface area contributed by atoms with Crippen LogP contribution < -0.4 is 4.74 Å². The van der Waals surface area contributed by atoms with E-state index in [1.807, 2.05) is 6.07 Å². The Morgan fingerprint density at radius 1 is 1.53 bits per heavy atom. The fourth-order valence-corrected chi connectivity index (χ4v) is 1.46. The number of nitriles is 1. The smallest absolute Gasteiger partial charge is 0.345 e. The fraction of sp³-hybridized carbons (Fsp3) is 0.333. The van der Waals surface area contributed by atoms with Crippen molar-refractivity contribution in [1.29, 1.82) is 5.26 Å². The summed E-state index contributed by atoms with van der Waals surface area (Å²) in [5.74, 6) is -1.08. The second-order valence-electron chi connectivity index (χ2n) is 3.87. The third kappa shape index (κ3) is 3.36. The van der Waals surface area contributed by atoms with Gasteiger partial charge in [0.1, 0.15) is 11.8 Å². The predicted octanol–water partition coefficient (Wildman–Crippen LogP) is 2.70. The predicted molar refractivity (Wildman–Crippen MR) is 63.1 cm³/mol. The van der Waals surface area contributed by atoms with Crippen LogP contribution in [0.15, 0.2) is 18.2 Å². The maximum atomic E-state index is 11.0. The zero-order valence-corrected chi connectivity index (χ0v) is 10.2. The number of halogens is 1. The molecule has 0 aliphatic rings. The average molecular weight is 254 g/mol. The van der Waals surface area contributed by atoms with Crippen molar-refractivity contribution in [2.75, 3.05) is 0 Å². The lowest BCUT2D eigenvalue weighted by molar-refractivity contribution is -0.147. The number of carboxylic acids is 1. The summed E-state index contributed by atoms with van der Waals surface area (Å²) in [5.41, 5.74) is 0.265. The molecule has 5 heteroatoms. The van der Waals surface area contributed by atoms with E-state index in [1.165, 1.54) is 12.1 Å². The summed E-state index contributed by atoms with van der Waals surface area (Å²) in [4.78, 5) is 11.0. The molecule has 17 heavy (non-hydrogen) atoms. The molecule has 0 amide bonds. The van der Waals surface area contributed by atoms with Crippen molar-refractivity contribution in [3.05, 3.63) is 28.8 Å². The van der Waals surface area contributed by atoms with E-state index in [9.17, 15) is 4.79 Å². The average Bonchev–Trinajstić information content (AvgIpc) is 2.25. The summed E-state index contributed by atoms with van der Waals surface area (Å²) in [5, 5.41) is 18.3. The van der Waals surface area contributed by atoms with Crippen molar-refractivity contribution in [3.63, 3.8) is 0 Å². The summed E-state index contributed by atoms with van der Waals surface area (Å²) < 4.78 is 5.33. The van der Waals surface area contributed by atoms with Crippen molar-refractivity contribution in [1.82, 2.24) is 0 Å². The lowest BCUT2D eigenvalue weighted by Crippen LogP contribution is -2.32. The molecule has 1 unspecified atom stereocenters. The van der Waals surface area contributed by atoms with E-state index in [4.69, 9.17) is 26.7 Å². The van der Waals surface area contributed by atoms with Crippen molar-refractivity contribution < 1.29 is 14.6 Å². The highest BCUT2D eigenvalue weighted by Gasteiger charge is 2.24. The zero-order valence-electron chi connectivity index (χ0n) is 9.48. The summed E-state index contributed by atoms with van der Waals surface area (Å²) in [7, 11) is 0. The Hall–Kier alpha value is -1.73. The van der Waals surface area contributed by atoms with Gasteiger partial charge in [0.15, 0.2) is 6.10 Å². The van der Waals surface area contributed by atoms with Crippen molar-refractivity contribution in [3.8, 4) is 11.8 Å². The fourth-order valence-electron chi connectivity index (χ4n) is 1.29. The second kappa shape index (κ2) is 5.55. The quantitative estimate of drug-likeness (QED) is 0.896. The number of ether oxygens (including phenoxy) is 1. The standard InChI is InChI=1S/C12H12ClNO3/c1-7(2)11(12(15)16)17-10-5-9(13)4-3-8(10)6-14/h3-5,7,11H,1-2H3,(H,15,16). The van der Waals surface area contributed by atoms with Gasteiger partial charge in [0, 0.05) is 17.0 Å². The Bertz CT molecular complexity index is 465. The second-order valence-corrected chi connectivity index (χ2v) is 4.31. The Morgan fingerprint density at radius 2 is 2.18 bits per heavy atom. The first-order valence-corrected chi connectivity index (χ1v) is 5.42. The monoisotopic (exact) mass is 253 g/mol. The van der Waals surface area contributed by atoms with Gasteiger partial charge in [0.2, 0.25) is 0 Å². The molecule has 1 rings (SSSR count). The zero-order chi connectivity index (χ0) is 13.0. The normalized spacial score (nSPS) is 11.9. The first-order valence-electron chi connectivity index (χ1n) is 5.04. The van der Waals surface area contributed by atoms with E-state index >= 15 is 0 Å². The number of aliphatic carboxylic acids is 1. The summed E-state index contributed by atoms with van der Waals surface area (Å²) in [6, 6.07) is 6.42. The highest BCUT2D eigenvalue weighted by molar-refractivity contribution is 6.30. The molecule has 0 spiro atoms. The van der Waals surface area contributed by atoms with Gasteiger partial charge in [-0.2, -0.15) is 5.26 Å². The molecule has 0 saturated heterocycles. The summed E-state index contributed by atoms with van der Waals surface area (Å²) in [6.07, 6.45) is -0.999. The molecule has 0 aliphatic carbocycles. The largest absolute Gasteiger partial charge is 0.478 e. The number of hydrogen-bond acceptors (Lipinski definition) is 3. The van der Waals surface area contributed by atoms with Crippen LogP contribution in [-0.4, -0.2) is 17.2 Å². The molecule has 1 atom stereocenters. The van der Waals surface area contributed by atoms with Crippen molar-refractivity contribution >= 4 is 17.6 Å². The van der Waals surface area contributed by atoms with Crippen LogP contribution in [0.3, 0.4) is 0 Å². The highest BCUT2D eigenvalue weighted by atomic mass is 35.5. The number of benzene rings is 1. The van der Waals surface area contributed by atoms with Crippen LogP contribution in [0.25, 0.3) is 0 Å². The summed E-state index contributed by atoms with van der Waals surface area (Å²) in [6.45, 7) is 3.46. The SMILES string of the molecule is CC(C)C(Oc1cc(Cl)ccc1C#N)C(=O)O. The van der Waals surface area contributed by atoms with Crippen LogP contribution in [0.2, 0.25) is 5.02 Å². The van der Waals surface area contributed by atoms with Crippen LogP contribution in [0.5, 0.6) is 5.75 Å². The summed E-state index contributed by atoms with van der Waals surface area (Å²) >= 11 is 5.78. The number of carboxylic acid groups (broad SMARTS) is 1. The molecule has 90 valence electrons. The molecule has 1 aromatic carbocycles. The third-order valence-corrected chi connectivity index (χ3v) is 2.40. The number of carbonyl (C=O) groups is 1. The first-order chi connectivity index (χ1) is 7.95. The molecule has 4 nitrogen and oxygen atoms in total. The number of rotatable bonds is 4. The van der Waals surface area contributed by atoms with Gasteiger partial charge in [-0.15, -0.1) is 0 Å². The van der Waals surface area contributed by atoms with Crippen LogP contribution in [0.4, 0.5) is 0 Å². The van der Waals surface area contributed by atoms with Crippen LogP contribution in [0.1, 0.15) is 19.4 Å². The highest BCUT2D eigenvalue weighted by Crippen LogP contribution is 2.25. The lowest BCUT2D eigenvalue weighted by atomic mass is 10.1. The van der Waals surface area contributed by atoms with E-state index in [2.05, 4.69) is 0 Å². The van der Waals surface area contributed by atoms with E-state index < -0.39 is 12.1 Å². The van der Waals surface area contributed by atoms with Gasteiger partial charge in [-0.25, -0.2) is 4.79 Å². The molecule has 0 aliphatic heterocycles. The molecule has 1 aromatic rings. The Morgan fingerprint density at radius 3 is 2.65 bits per heavy atom.